The summed E-state index contributed by atoms with van der Waals surface area (Å²) in [6.45, 7) is 15.0. The van der Waals surface area contributed by atoms with Crippen molar-refractivity contribution in [3.05, 3.63) is 59.7 Å². The fraction of sp³-hybridized carbons (Fsp3) is 0.732. The van der Waals surface area contributed by atoms with E-state index in [1.54, 1.807) is 17.7 Å². The molecule has 0 saturated heterocycles. The Balaban J connectivity index is 1.04. The molecule has 3 saturated carbocycles. The Hall–Kier alpha value is -1.91. The molecule has 1 aromatic rings. The second-order valence-electron chi connectivity index (χ2n) is 16.5. The van der Waals surface area contributed by atoms with E-state index in [9.17, 15) is 4.79 Å². The topological polar surface area (TPSA) is 44.8 Å². The number of hydrogen-bond donors (Lipinski definition) is 0. The number of carbonyl (C=O) groups is 1. The van der Waals surface area contributed by atoms with Gasteiger partial charge in [0.05, 0.1) is 11.7 Å². The third-order valence-electron chi connectivity index (χ3n) is 13.4. The Morgan fingerprint density at radius 1 is 0.978 bits per heavy atom. The molecule has 11 atom stereocenters. The maximum atomic E-state index is 12.5. The lowest BCUT2D eigenvalue weighted by Crippen LogP contribution is -2.51. The van der Waals surface area contributed by atoms with Gasteiger partial charge in [0.15, 0.2) is 6.29 Å². The van der Waals surface area contributed by atoms with Crippen LogP contribution in [0, 0.1) is 52.3 Å². The highest BCUT2D eigenvalue weighted by molar-refractivity contribution is 5.89. The van der Waals surface area contributed by atoms with Gasteiger partial charge in [-0.05, 0) is 116 Å². The van der Waals surface area contributed by atoms with Gasteiger partial charge >= 0.3 is 5.97 Å². The predicted molar refractivity (Wildman–Crippen MR) is 182 cm³/mol. The monoisotopic (exact) mass is 616 g/mol. The summed E-state index contributed by atoms with van der Waals surface area (Å²) in [5.41, 5.74) is 3.08. The van der Waals surface area contributed by atoms with Crippen molar-refractivity contribution in [2.45, 2.75) is 131 Å². The summed E-state index contributed by atoms with van der Waals surface area (Å²) >= 11 is 0. The highest BCUT2D eigenvalue weighted by atomic mass is 16.7. The number of carbonyl (C=O) groups excluding carboxylic acids is 1. The van der Waals surface area contributed by atoms with Crippen molar-refractivity contribution >= 4 is 5.97 Å². The molecular formula is C41H60O4. The van der Waals surface area contributed by atoms with Crippen LogP contribution in [0.25, 0.3) is 0 Å². The van der Waals surface area contributed by atoms with Crippen LogP contribution < -0.4 is 0 Å². The molecular weight excluding hydrogens is 556 g/mol. The molecule has 1 heterocycles. The minimum Gasteiger partial charge on any atom is -0.459 e. The molecule has 248 valence electrons. The number of allylic oxidation sites excluding steroid dienone is 1. The van der Waals surface area contributed by atoms with Crippen LogP contribution in [-0.2, 0) is 14.2 Å². The largest absolute Gasteiger partial charge is 0.459 e. The summed E-state index contributed by atoms with van der Waals surface area (Å²) < 4.78 is 18.6. The van der Waals surface area contributed by atoms with Crippen LogP contribution in [0.1, 0.15) is 123 Å². The number of ether oxygens (including phenoxy) is 3. The number of fused-ring (bicyclic) bond motifs is 5. The predicted octanol–water partition coefficient (Wildman–Crippen LogP) is 10.2. The molecule has 1 aromatic carbocycles. The van der Waals surface area contributed by atoms with Crippen LogP contribution in [0.15, 0.2) is 54.1 Å². The SMILES string of the molecule is CC(C)CCCC(C)[C@H]1CCC2C3CC=C4C[C@@H](OC5C=C[C@H](C)[C@@H](COC(=O)c6ccccc6)O5)CC[C@]4(C)C3CC[C@@]21C. The Labute approximate surface area is 273 Å². The molecule has 3 fully saturated rings. The van der Waals surface area contributed by atoms with Gasteiger partial charge in [-0.2, -0.15) is 0 Å². The minimum absolute atomic E-state index is 0.163. The quantitative estimate of drug-likeness (QED) is 0.194. The Bertz CT molecular complexity index is 1220. The van der Waals surface area contributed by atoms with Crippen LogP contribution in [-0.4, -0.2) is 31.1 Å². The van der Waals surface area contributed by atoms with E-state index in [1.165, 1.54) is 57.8 Å². The highest BCUT2D eigenvalue weighted by Crippen LogP contribution is 2.67. The number of hydrogen-bond acceptors (Lipinski definition) is 4. The number of benzene rings is 1. The van der Waals surface area contributed by atoms with Crippen LogP contribution in [0.2, 0.25) is 0 Å². The summed E-state index contributed by atoms with van der Waals surface area (Å²) in [7, 11) is 0. The van der Waals surface area contributed by atoms with Crippen molar-refractivity contribution < 1.29 is 19.0 Å². The van der Waals surface area contributed by atoms with Crippen LogP contribution in [0.4, 0.5) is 0 Å². The fourth-order valence-corrected chi connectivity index (χ4v) is 10.8. The van der Waals surface area contributed by atoms with Gasteiger partial charge in [-0.15, -0.1) is 0 Å². The van der Waals surface area contributed by atoms with E-state index < -0.39 is 0 Å². The lowest BCUT2D eigenvalue weighted by Gasteiger charge is -2.58. The molecule has 0 spiro atoms. The third-order valence-corrected chi connectivity index (χ3v) is 13.4. The molecule has 45 heavy (non-hydrogen) atoms. The van der Waals surface area contributed by atoms with Gasteiger partial charge in [0.1, 0.15) is 12.7 Å². The average Bonchev–Trinajstić information content (AvgIpc) is 3.39. The van der Waals surface area contributed by atoms with E-state index >= 15 is 0 Å². The van der Waals surface area contributed by atoms with Gasteiger partial charge in [-0.3, -0.25) is 0 Å². The van der Waals surface area contributed by atoms with Crippen molar-refractivity contribution in [3.63, 3.8) is 0 Å². The molecule has 4 aliphatic carbocycles. The zero-order valence-electron chi connectivity index (χ0n) is 29.0. The van der Waals surface area contributed by atoms with Crippen LogP contribution in [0.5, 0.6) is 0 Å². The van der Waals surface area contributed by atoms with E-state index in [0.717, 1.165) is 48.3 Å². The first-order valence-corrected chi connectivity index (χ1v) is 18.5. The molecule has 0 amide bonds. The Morgan fingerprint density at radius 3 is 2.56 bits per heavy atom. The Kier molecular flexibility index (Phi) is 10.0. The van der Waals surface area contributed by atoms with Gasteiger partial charge in [-0.1, -0.05) is 96.7 Å². The Morgan fingerprint density at radius 2 is 1.78 bits per heavy atom. The molecule has 0 aromatic heterocycles. The number of rotatable bonds is 10. The molecule has 1 aliphatic heterocycles. The first kappa shape index (κ1) is 33.0. The van der Waals surface area contributed by atoms with Crippen molar-refractivity contribution in [3.8, 4) is 0 Å². The summed E-state index contributed by atoms with van der Waals surface area (Å²) in [6, 6.07) is 9.17. The van der Waals surface area contributed by atoms with E-state index in [1.807, 2.05) is 18.2 Å². The fourth-order valence-electron chi connectivity index (χ4n) is 10.8. The molecule has 5 unspecified atom stereocenters. The maximum Gasteiger partial charge on any atom is 0.338 e. The smallest absolute Gasteiger partial charge is 0.338 e. The number of esters is 1. The maximum absolute atomic E-state index is 12.5. The van der Waals surface area contributed by atoms with Gasteiger partial charge < -0.3 is 14.2 Å². The molecule has 0 radical (unpaired) electrons. The zero-order chi connectivity index (χ0) is 31.8. The standard InChI is InChI=1S/C41H60O4/c1-27(2)11-10-12-28(3)34-18-19-35-33-17-16-31-25-32(21-23-40(31,5)36(33)22-24-41(34,35)6)44-38-20-15-29(4)37(45-38)26-43-39(42)30-13-8-7-9-14-30/h7-9,13-16,20,27-29,32-38H,10-12,17-19,21-26H2,1-6H3/t28?,29-,32-,33?,34+,35?,36?,37+,38?,40-,41+/m0/s1. The second kappa shape index (κ2) is 13.7. The van der Waals surface area contributed by atoms with Gasteiger partial charge in [0.2, 0.25) is 0 Å². The van der Waals surface area contributed by atoms with Crippen LogP contribution >= 0.6 is 0 Å². The van der Waals surface area contributed by atoms with Gasteiger partial charge in [0, 0.05) is 5.92 Å². The van der Waals surface area contributed by atoms with E-state index in [2.05, 4.69) is 59.8 Å². The van der Waals surface area contributed by atoms with E-state index in [-0.39, 0.29) is 37.0 Å². The zero-order valence-corrected chi connectivity index (χ0v) is 29.0. The molecule has 4 nitrogen and oxygen atoms in total. The van der Waals surface area contributed by atoms with Crippen molar-refractivity contribution in [2.24, 2.45) is 52.3 Å². The first-order valence-electron chi connectivity index (χ1n) is 18.5. The summed E-state index contributed by atoms with van der Waals surface area (Å²) in [6.07, 6.45) is 21.0. The molecule has 4 heteroatoms. The lowest BCUT2D eigenvalue weighted by atomic mass is 9.47. The minimum atomic E-state index is -0.388. The summed E-state index contributed by atoms with van der Waals surface area (Å²) in [5, 5.41) is 0. The first-order chi connectivity index (χ1) is 21.6. The molecule has 0 N–H and O–H groups in total. The van der Waals surface area contributed by atoms with Gasteiger partial charge in [0.25, 0.3) is 0 Å². The normalized spacial score (nSPS) is 39.8. The molecule has 0 bridgehead atoms. The second-order valence-corrected chi connectivity index (χ2v) is 16.5. The van der Waals surface area contributed by atoms with Crippen molar-refractivity contribution in [1.82, 2.24) is 0 Å². The van der Waals surface area contributed by atoms with Crippen LogP contribution in [0.3, 0.4) is 0 Å². The summed E-state index contributed by atoms with van der Waals surface area (Å²) in [4.78, 5) is 12.5. The third kappa shape index (κ3) is 6.75. The average molecular weight is 617 g/mol. The summed E-state index contributed by atoms with van der Waals surface area (Å²) in [5.74, 6) is 5.03. The van der Waals surface area contributed by atoms with Crippen molar-refractivity contribution in [2.75, 3.05) is 6.61 Å². The van der Waals surface area contributed by atoms with E-state index in [0.29, 0.717) is 16.4 Å². The van der Waals surface area contributed by atoms with Gasteiger partial charge in [-0.25, -0.2) is 4.79 Å². The highest BCUT2D eigenvalue weighted by Gasteiger charge is 2.59. The lowest BCUT2D eigenvalue weighted by molar-refractivity contribution is -0.195. The van der Waals surface area contributed by atoms with E-state index in [4.69, 9.17) is 14.2 Å². The molecule has 5 aliphatic rings. The molecule has 6 rings (SSSR count). The van der Waals surface area contributed by atoms with Crippen molar-refractivity contribution in [1.29, 1.82) is 0 Å².